The van der Waals surface area contributed by atoms with E-state index in [2.05, 4.69) is 15.9 Å². The minimum atomic E-state index is -3.93. The maximum absolute atomic E-state index is 12.2. The van der Waals surface area contributed by atoms with Gasteiger partial charge in [-0.25, -0.2) is 13.1 Å². The number of carbonyl (C=O) groups excluding carboxylic acids is 1. The number of sulfonamides is 1. The van der Waals surface area contributed by atoms with E-state index >= 15 is 0 Å². The third-order valence-electron chi connectivity index (χ3n) is 3.04. The summed E-state index contributed by atoms with van der Waals surface area (Å²) in [7, 11) is -3.93. The van der Waals surface area contributed by atoms with Crippen molar-refractivity contribution in [2.45, 2.75) is 18.2 Å². The van der Waals surface area contributed by atoms with Crippen LogP contribution in [0.25, 0.3) is 0 Å². The van der Waals surface area contributed by atoms with Crippen LogP contribution in [0, 0.1) is 0 Å². The number of hydrogen-bond acceptors (Lipinski definition) is 3. The molecule has 0 spiro atoms. The highest BCUT2D eigenvalue weighted by molar-refractivity contribution is 9.10. The molecule has 0 aliphatic carbocycles. The molecule has 2 rings (SSSR count). The summed E-state index contributed by atoms with van der Waals surface area (Å²) in [4.78, 5) is 12.1. The zero-order valence-electron chi connectivity index (χ0n) is 11.6. The van der Waals surface area contributed by atoms with E-state index in [9.17, 15) is 13.2 Å². The molecule has 22 heavy (non-hydrogen) atoms. The minimum Gasteiger partial charge on any atom is -0.268 e. The molecule has 0 unspecified atom stereocenters. The van der Waals surface area contributed by atoms with E-state index in [4.69, 9.17) is 11.6 Å². The van der Waals surface area contributed by atoms with E-state index in [-0.39, 0.29) is 15.5 Å². The molecule has 0 bridgehead atoms. The average Bonchev–Trinajstić information content (AvgIpc) is 2.46. The summed E-state index contributed by atoms with van der Waals surface area (Å²) in [5.41, 5.74) is 1.11. The van der Waals surface area contributed by atoms with Crippen LogP contribution in [-0.4, -0.2) is 14.3 Å². The van der Waals surface area contributed by atoms with Crippen molar-refractivity contribution in [1.29, 1.82) is 0 Å². The van der Waals surface area contributed by atoms with Gasteiger partial charge in [0.15, 0.2) is 0 Å². The molecular formula is C15H13BrClNO3S. The quantitative estimate of drug-likeness (QED) is 0.846. The van der Waals surface area contributed by atoms with Crippen molar-refractivity contribution in [3.63, 3.8) is 0 Å². The number of carbonyl (C=O) groups is 1. The lowest BCUT2D eigenvalue weighted by atomic mass is 10.2. The summed E-state index contributed by atoms with van der Waals surface area (Å²) in [6, 6.07) is 11.0. The number of benzene rings is 2. The van der Waals surface area contributed by atoms with Crippen molar-refractivity contribution in [2.75, 3.05) is 0 Å². The van der Waals surface area contributed by atoms with Gasteiger partial charge in [-0.2, -0.15) is 0 Å². The molecule has 7 heteroatoms. The summed E-state index contributed by atoms with van der Waals surface area (Å²) < 4.78 is 27.1. The van der Waals surface area contributed by atoms with E-state index in [1.165, 1.54) is 24.3 Å². The Bertz CT molecular complexity index is 804. The maximum Gasteiger partial charge on any atom is 0.266 e. The first-order valence-corrected chi connectivity index (χ1v) is 9.10. The van der Waals surface area contributed by atoms with Crippen LogP contribution in [0.2, 0.25) is 5.02 Å². The predicted octanol–water partition coefficient (Wildman–Crippen LogP) is 3.78. The second-order valence-corrected chi connectivity index (χ2v) is 7.56. The molecular weight excluding hydrogens is 390 g/mol. The fourth-order valence-electron chi connectivity index (χ4n) is 1.81. The Morgan fingerprint density at radius 2 is 1.82 bits per heavy atom. The molecule has 0 atom stereocenters. The highest BCUT2D eigenvalue weighted by Crippen LogP contribution is 2.22. The lowest BCUT2D eigenvalue weighted by Gasteiger charge is -2.09. The van der Waals surface area contributed by atoms with E-state index in [1.54, 1.807) is 18.2 Å². The van der Waals surface area contributed by atoms with Gasteiger partial charge in [0.25, 0.3) is 15.9 Å². The summed E-state index contributed by atoms with van der Waals surface area (Å²) in [6.45, 7) is 1.97. The van der Waals surface area contributed by atoms with Crippen LogP contribution < -0.4 is 4.72 Å². The van der Waals surface area contributed by atoms with Gasteiger partial charge in [-0.15, -0.1) is 0 Å². The normalized spacial score (nSPS) is 11.2. The second kappa shape index (κ2) is 6.81. The largest absolute Gasteiger partial charge is 0.268 e. The molecule has 0 saturated carbocycles. The standard InChI is InChI=1S/C15H13BrClNO3S/c1-2-10-3-6-12(7-4-10)22(20,21)18-15(19)13-8-5-11(16)9-14(13)17/h3-9H,2H2,1H3,(H,18,19). The van der Waals surface area contributed by atoms with Crippen molar-refractivity contribution in [2.24, 2.45) is 0 Å². The van der Waals surface area contributed by atoms with Crippen molar-refractivity contribution < 1.29 is 13.2 Å². The van der Waals surface area contributed by atoms with Crippen LogP contribution in [0.1, 0.15) is 22.8 Å². The fourth-order valence-corrected chi connectivity index (χ4v) is 3.54. The maximum atomic E-state index is 12.2. The first-order chi connectivity index (χ1) is 10.3. The molecule has 0 saturated heterocycles. The van der Waals surface area contributed by atoms with Gasteiger partial charge in [-0.3, -0.25) is 4.79 Å². The first-order valence-electron chi connectivity index (χ1n) is 6.44. The molecule has 2 aromatic carbocycles. The molecule has 1 amide bonds. The van der Waals surface area contributed by atoms with Crippen LogP contribution in [0.4, 0.5) is 0 Å². The van der Waals surface area contributed by atoms with Crippen LogP contribution in [-0.2, 0) is 16.4 Å². The van der Waals surface area contributed by atoms with Gasteiger partial charge < -0.3 is 0 Å². The van der Waals surface area contributed by atoms with Gasteiger partial charge in [-0.05, 0) is 42.3 Å². The average molecular weight is 403 g/mol. The Labute approximate surface area is 142 Å². The number of rotatable bonds is 4. The molecule has 4 nitrogen and oxygen atoms in total. The van der Waals surface area contributed by atoms with E-state index < -0.39 is 15.9 Å². The van der Waals surface area contributed by atoms with Crippen molar-refractivity contribution in [3.8, 4) is 0 Å². The summed E-state index contributed by atoms with van der Waals surface area (Å²) in [6.07, 6.45) is 0.807. The Morgan fingerprint density at radius 1 is 1.18 bits per heavy atom. The SMILES string of the molecule is CCc1ccc(S(=O)(=O)NC(=O)c2ccc(Br)cc2Cl)cc1. The highest BCUT2D eigenvalue weighted by Gasteiger charge is 2.20. The molecule has 0 aliphatic heterocycles. The second-order valence-electron chi connectivity index (χ2n) is 4.56. The van der Waals surface area contributed by atoms with E-state index in [0.717, 1.165) is 12.0 Å². The van der Waals surface area contributed by atoms with Crippen molar-refractivity contribution in [3.05, 3.63) is 63.1 Å². The molecule has 0 fully saturated rings. The number of nitrogens with one attached hydrogen (secondary N) is 1. The smallest absolute Gasteiger partial charge is 0.266 e. The Kier molecular flexibility index (Phi) is 5.26. The van der Waals surface area contributed by atoms with E-state index in [0.29, 0.717) is 4.47 Å². The molecule has 116 valence electrons. The summed E-state index contributed by atoms with van der Waals surface area (Å²) in [5, 5.41) is 0.170. The van der Waals surface area contributed by atoms with Gasteiger partial charge in [0.1, 0.15) is 0 Å². The lowest BCUT2D eigenvalue weighted by Crippen LogP contribution is -2.30. The van der Waals surface area contributed by atoms with Crippen LogP contribution >= 0.6 is 27.5 Å². The van der Waals surface area contributed by atoms with Crippen LogP contribution in [0.3, 0.4) is 0 Å². The molecule has 2 aromatic rings. The molecule has 0 heterocycles. The van der Waals surface area contributed by atoms with E-state index in [1.807, 2.05) is 11.6 Å². The van der Waals surface area contributed by atoms with Crippen molar-refractivity contribution >= 4 is 43.5 Å². The number of halogens is 2. The minimum absolute atomic E-state index is 0.0336. The van der Waals surface area contributed by atoms with Crippen LogP contribution in [0.15, 0.2) is 51.8 Å². The molecule has 1 N–H and O–H groups in total. The summed E-state index contributed by atoms with van der Waals surface area (Å²) >= 11 is 9.18. The van der Waals surface area contributed by atoms with Crippen LogP contribution in [0.5, 0.6) is 0 Å². The van der Waals surface area contributed by atoms with Gasteiger partial charge in [0, 0.05) is 4.47 Å². The zero-order valence-corrected chi connectivity index (χ0v) is 14.8. The zero-order chi connectivity index (χ0) is 16.3. The third kappa shape index (κ3) is 3.88. The van der Waals surface area contributed by atoms with Gasteiger partial charge in [0.2, 0.25) is 0 Å². The molecule has 0 radical (unpaired) electrons. The molecule has 0 aromatic heterocycles. The Morgan fingerprint density at radius 3 is 2.36 bits per heavy atom. The first kappa shape index (κ1) is 17.0. The lowest BCUT2D eigenvalue weighted by molar-refractivity contribution is 0.0981. The molecule has 0 aliphatic rings. The predicted molar refractivity (Wildman–Crippen MR) is 89.6 cm³/mol. The topological polar surface area (TPSA) is 63.2 Å². The summed E-state index contributed by atoms with van der Waals surface area (Å²) in [5.74, 6) is -0.767. The van der Waals surface area contributed by atoms with Crippen molar-refractivity contribution in [1.82, 2.24) is 4.72 Å². The highest BCUT2D eigenvalue weighted by atomic mass is 79.9. The Hall–Kier alpha value is -1.37. The van der Waals surface area contributed by atoms with Gasteiger partial charge in [-0.1, -0.05) is 46.6 Å². The Balaban J connectivity index is 2.25. The number of amides is 1. The van der Waals surface area contributed by atoms with Gasteiger partial charge in [0.05, 0.1) is 15.5 Å². The fraction of sp³-hybridized carbons (Fsp3) is 0.133. The third-order valence-corrected chi connectivity index (χ3v) is 5.20. The van der Waals surface area contributed by atoms with Gasteiger partial charge >= 0.3 is 0 Å². The monoisotopic (exact) mass is 401 g/mol. The number of aryl methyl sites for hydroxylation is 1. The number of hydrogen-bond donors (Lipinski definition) is 1.